The highest BCUT2D eigenvalue weighted by Gasteiger charge is 2.85. The van der Waals surface area contributed by atoms with E-state index in [1.54, 1.807) is 23.0 Å². The fraction of sp³-hybridized carbons (Fsp3) is 0.578. The number of rotatable bonds is 15. The van der Waals surface area contributed by atoms with Gasteiger partial charge in [-0.3, -0.25) is 14.5 Å². The largest absolute Gasteiger partial charge is 0.477 e. The molecular formula is C45H58ClN7O4S. The predicted molar refractivity (Wildman–Crippen MR) is 229 cm³/mol. The fourth-order valence-electron chi connectivity index (χ4n) is 10.0. The average Bonchev–Trinajstić information content (AvgIpc) is 4.14. The Balaban J connectivity index is 0.817. The van der Waals surface area contributed by atoms with Gasteiger partial charge in [-0.2, -0.15) is 0 Å². The Morgan fingerprint density at radius 2 is 1.83 bits per heavy atom. The number of hydrogen-bond acceptors (Lipinski definition) is 8. The Hall–Kier alpha value is -4.03. The fourth-order valence-corrected chi connectivity index (χ4v) is 11.0. The maximum atomic E-state index is 13.2. The molecule has 0 bridgehead atoms. The molecule has 2 spiro atoms. The number of hydrogen-bond donors (Lipinski definition) is 2. The number of likely N-dealkylation sites (tertiary alicyclic amines) is 1. The highest BCUT2D eigenvalue weighted by Crippen LogP contribution is 2.93. The molecule has 3 aromatic rings. The zero-order valence-corrected chi connectivity index (χ0v) is 36.1. The maximum Gasteiger partial charge on any atom is 0.410 e. The third kappa shape index (κ3) is 8.93. The van der Waals surface area contributed by atoms with Crippen molar-refractivity contribution in [1.82, 2.24) is 29.7 Å². The van der Waals surface area contributed by atoms with E-state index >= 15 is 0 Å². The summed E-state index contributed by atoms with van der Waals surface area (Å²) in [7, 11) is 0. The molecule has 8 rings (SSSR count). The Morgan fingerprint density at radius 3 is 2.53 bits per heavy atom. The van der Waals surface area contributed by atoms with Crippen LogP contribution < -0.4 is 14.8 Å². The summed E-state index contributed by atoms with van der Waals surface area (Å²) in [4.78, 5) is 37.9. The van der Waals surface area contributed by atoms with E-state index in [0.717, 1.165) is 61.7 Å². The van der Waals surface area contributed by atoms with E-state index in [1.807, 2.05) is 31.7 Å². The molecule has 58 heavy (non-hydrogen) atoms. The minimum absolute atomic E-state index is 0.0984. The first kappa shape index (κ1) is 40.7. The normalized spacial score (nSPS) is 22.4. The van der Waals surface area contributed by atoms with Crippen molar-refractivity contribution in [3.05, 3.63) is 82.1 Å². The van der Waals surface area contributed by atoms with E-state index in [1.165, 1.54) is 43.2 Å². The van der Waals surface area contributed by atoms with Crippen LogP contribution in [0.25, 0.3) is 5.82 Å². The van der Waals surface area contributed by atoms with E-state index in [4.69, 9.17) is 26.1 Å². The van der Waals surface area contributed by atoms with Gasteiger partial charge in [0.1, 0.15) is 16.6 Å². The number of carbonyl (C=O) groups is 2. The zero-order chi connectivity index (χ0) is 40.7. The number of amidine groups is 1. The lowest BCUT2D eigenvalue weighted by atomic mass is 9.81. The molecule has 4 heterocycles. The molecule has 2 N–H and O–H groups in total. The SMILES string of the molecule is CC(C)(C)OC(=O)N1CC(C(CCN=C2CCC=C(SNC(=O)c3ccc(-n4ccc(OCCC5C6(CC6)C56CC6)n4)nc3Cl)N2)CCc2ccccc2)CC1(C)C. The van der Waals surface area contributed by atoms with Gasteiger partial charge >= 0.3 is 6.09 Å². The van der Waals surface area contributed by atoms with Crippen molar-refractivity contribution < 1.29 is 19.1 Å². The minimum atomic E-state index is -0.541. The maximum absolute atomic E-state index is 13.2. The number of ether oxygens (including phenoxy) is 2. The van der Waals surface area contributed by atoms with Crippen LogP contribution in [0.2, 0.25) is 5.15 Å². The van der Waals surface area contributed by atoms with Crippen LogP contribution in [-0.4, -0.2) is 68.3 Å². The number of nitrogens with one attached hydrogen (secondary N) is 2. The highest BCUT2D eigenvalue weighted by atomic mass is 35.5. The van der Waals surface area contributed by atoms with Crippen molar-refractivity contribution in [1.29, 1.82) is 0 Å². The summed E-state index contributed by atoms with van der Waals surface area (Å²) < 4.78 is 16.3. The predicted octanol–water partition coefficient (Wildman–Crippen LogP) is 9.56. The number of aromatic nitrogens is 3. The molecule has 1 aromatic carbocycles. The van der Waals surface area contributed by atoms with Crippen LogP contribution >= 0.6 is 23.5 Å². The first-order valence-electron chi connectivity index (χ1n) is 21.1. The van der Waals surface area contributed by atoms with Gasteiger partial charge in [0.2, 0.25) is 5.88 Å². The van der Waals surface area contributed by atoms with Crippen molar-refractivity contribution in [3.8, 4) is 11.7 Å². The summed E-state index contributed by atoms with van der Waals surface area (Å²) in [6.07, 6.45) is 15.8. The average molecular weight is 829 g/mol. The molecule has 2 unspecified atom stereocenters. The Kier molecular flexibility index (Phi) is 11.4. The molecule has 2 aromatic heterocycles. The van der Waals surface area contributed by atoms with Gasteiger partial charge in [-0.05, 0) is 145 Å². The van der Waals surface area contributed by atoms with Gasteiger partial charge in [0, 0.05) is 49.3 Å². The monoisotopic (exact) mass is 827 g/mol. The van der Waals surface area contributed by atoms with Crippen LogP contribution in [0.4, 0.5) is 4.79 Å². The van der Waals surface area contributed by atoms with Crippen LogP contribution in [0.15, 0.2) is 70.8 Å². The van der Waals surface area contributed by atoms with Crippen molar-refractivity contribution >= 4 is 41.4 Å². The van der Waals surface area contributed by atoms with Crippen LogP contribution in [-0.2, 0) is 11.2 Å². The third-order valence-corrected chi connectivity index (χ3v) is 14.3. The molecular weight excluding hydrogens is 770 g/mol. The van der Waals surface area contributed by atoms with Crippen molar-refractivity contribution in [2.24, 2.45) is 33.6 Å². The number of halogens is 1. The molecule has 1 saturated heterocycles. The number of aliphatic imine (C=N–C) groups is 1. The van der Waals surface area contributed by atoms with Gasteiger partial charge in [-0.1, -0.05) is 48.0 Å². The molecule has 0 radical (unpaired) electrons. The molecule has 11 nitrogen and oxygen atoms in total. The molecule has 13 heteroatoms. The Bertz CT molecular complexity index is 2030. The van der Waals surface area contributed by atoms with E-state index in [9.17, 15) is 9.59 Å². The number of fused-ring (bicyclic) bond motifs is 1. The number of allylic oxidation sites excluding steroid dienone is 1. The smallest absolute Gasteiger partial charge is 0.410 e. The summed E-state index contributed by atoms with van der Waals surface area (Å²) in [5, 5.41) is 8.88. The number of benzene rings is 1. The molecule has 3 aliphatic carbocycles. The van der Waals surface area contributed by atoms with Gasteiger partial charge in [0.15, 0.2) is 5.82 Å². The summed E-state index contributed by atoms with van der Waals surface area (Å²) in [5.74, 6) is 3.22. The van der Waals surface area contributed by atoms with Crippen LogP contribution in [0.3, 0.4) is 0 Å². The minimum Gasteiger partial charge on any atom is -0.477 e. The zero-order valence-electron chi connectivity index (χ0n) is 34.6. The third-order valence-electron chi connectivity index (χ3n) is 13.2. The summed E-state index contributed by atoms with van der Waals surface area (Å²) in [5.41, 5.74) is 2.14. The number of amides is 2. The molecule has 2 aliphatic heterocycles. The molecule has 2 atom stereocenters. The molecule has 2 amide bonds. The molecule has 310 valence electrons. The second-order valence-corrected chi connectivity index (χ2v) is 19.8. The van der Waals surface area contributed by atoms with E-state index < -0.39 is 5.60 Å². The standard InChI is InChI=1S/C45H58ClN7O4S/c1-42(2,3)57-41(55)52-29-32(28-43(52,4)5)31(15-14-30-10-7-6-8-11-30)18-25-47-35-12-9-13-38(48-35)58-51-40(54)33-16-17-36(49-39(33)46)53-26-19-37(50-53)56-27-20-34-44(21-22-44)45(34)23-24-45/h6-8,10-11,13,16-17,19,26,31-32,34H,9,12,14-15,18,20-25,27-29H2,1-5H3,(H,47,48)(H,51,54). The lowest BCUT2D eigenvalue weighted by molar-refractivity contribution is 0.0128. The van der Waals surface area contributed by atoms with Gasteiger partial charge < -0.3 is 19.7 Å². The first-order chi connectivity index (χ1) is 27.8. The summed E-state index contributed by atoms with van der Waals surface area (Å²) in [6.45, 7) is 12.1. The van der Waals surface area contributed by atoms with Gasteiger partial charge in [-0.25, -0.2) is 14.5 Å². The topological polar surface area (TPSA) is 123 Å². The van der Waals surface area contributed by atoms with Crippen LogP contribution in [0.1, 0.15) is 115 Å². The number of aryl methyl sites for hydroxylation is 1. The van der Waals surface area contributed by atoms with Crippen LogP contribution in [0.5, 0.6) is 5.88 Å². The first-order valence-corrected chi connectivity index (χ1v) is 22.3. The van der Waals surface area contributed by atoms with Crippen LogP contribution in [0, 0.1) is 28.6 Å². The van der Waals surface area contributed by atoms with E-state index in [2.05, 4.69) is 70.4 Å². The number of pyridine rings is 1. The lowest BCUT2D eigenvalue weighted by Crippen LogP contribution is -2.45. The van der Waals surface area contributed by atoms with E-state index in [0.29, 0.717) is 54.1 Å². The quantitative estimate of drug-likeness (QED) is 0.115. The van der Waals surface area contributed by atoms with Gasteiger partial charge in [0.25, 0.3) is 5.91 Å². The molecule has 4 fully saturated rings. The highest BCUT2D eigenvalue weighted by molar-refractivity contribution is 8.01. The summed E-state index contributed by atoms with van der Waals surface area (Å²) in [6, 6.07) is 15.8. The second-order valence-electron chi connectivity index (χ2n) is 18.6. The molecule has 3 saturated carbocycles. The summed E-state index contributed by atoms with van der Waals surface area (Å²) >= 11 is 7.75. The van der Waals surface area contributed by atoms with E-state index in [-0.39, 0.29) is 28.3 Å². The number of carbonyl (C=O) groups excluding carboxylic acids is 2. The number of nitrogens with zero attached hydrogens (tertiary/aromatic N) is 5. The molecule has 5 aliphatic rings. The van der Waals surface area contributed by atoms with Crippen molar-refractivity contribution in [2.75, 3.05) is 19.7 Å². The Morgan fingerprint density at radius 1 is 1.07 bits per heavy atom. The lowest BCUT2D eigenvalue weighted by Gasteiger charge is -2.33. The van der Waals surface area contributed by atoms with Crippen molar-refractivity contribution in [2.45, 2.75) is 116 Å². The van der Waals surface area contributed by atoms with Crippen molar-refractivity contribution in [3.63, 3.8) is 0 Å². The second kappa shape index (κ2) is 16.2. The van der Waals surface area contributed by atoms with Gasteiger partial charge in [0.05, 0.1) is 17.2 Å². The van der Waals surface area contributed by atoms with Gasteiger partial charge in [-0.15, -0.1) is 5.10 Å². The Labute approximate surface area is 352 Å².